The summed E-state index contributed by atoms with van der Waals surface area (Å²) >= 11 is 9.22. The molecule has 8 nitrogen and oxygen atoms in total. The zero-order valence-electron chi connectivity index (χ0n) is 46.6. The average molecular weight is 1330 g/mol. The molecule has 410 valence electrons. The van der Waals surface area contributed by atoms with Gasteiger partial charge in [0, 0.05) is 84.3 Å². The van der Waals surface area contributed by atoms with Crippen molar-refractivity contribution in [2.24, 2.45) is 0 Å². The van der Waals surface area contributed by atoms with E-state index in [2.05, 4.69) is 254 Å². The number of halogens is 3. The van der Waals surface area contributed by atoms with Crippen molar-refractivity contribution in [2.45, 2.75) is 38.9 Å². The second-order valence-electron chi connectivity index (χ2n) is 21.1. The summed E-state index contributed by atoms with van der Waals surface area (Å²) in [7, 11) is -0.399. The van der Waals surface area contributed by atoms with Crippen LogP contribution >= 0.6 is 54.5 Å². The third-order valence-corrected chi connectivity index (χ3v) is 16.5. The quantitative estimate of drug-likeness (QED) is 0.0987. The Morgan fingerprint density at radius 3 is 0.917 bits per heavy atom. The first-order valence-corrected chi connectivity index (χ1v) is 30.1. The SMILES string of the molecule is Brc1cccc(-c2cccc(-c3cccc(-c4cc(-c5ccncc5)nc(-c5ccncc5)c4)c3)c2)c1.Brc1cccc(I)c1.CC1(C)OB(c2cccc(-c3cccc(-c4cc(-c5ccncc5)nc(-c5ccncc5)c4)c3)c2)OC1(C)C. The fraction of sp³-hybridized carbons (Fsp3) is 0.0833. The van der Waals surface area contributed by atoms with Crippen LogP contribution in [0.3, 0.4) is 0 Å². The van der Waals surface area contributed by atoms with E-state index < -0.39 is 7.12 Å². The molecule has 12 aromatic rings. The summed E-state index contributed by atoms with van der Waals surface area (Å²) in [5, 5.41) is 0. The molecule has 0 N–H and O–H groups in total. The van der Waals surface area contributed by atoms with Gasteiger partial charge in [-0.05, 0) is 233 Å². The van der Waals surface area contributed by atoms with Crippen LogP contribution in [0.5, 0.6) is 0 Å². The first kappa shape index (κ1) is 57.7. The molecular weight excluding hydrogens is 1280 g/mol. The van der Waals surface area contributed by atoms with Crippen molar-refractivity contribution in [1.29, 1.82) is 0 Å². The molecule has 84 heavy (non-hydrogen) atoms. The van der Waals surface area contributed by atoms with E-state index in [9.17, 15) is 0 Å². The van der Waals surface area contributed by atoms with Gasteiger partial charge in [0.15, 0.2) is 0 Å². The highest BCUT2D eigenvalue weighted by Crippen LogP contribution is 2.38. The number of benzene rings is 6. The van der Waals surface area contributed by atoms with E-state index >= 15 is 0 Å². The maximum absolute atomic E-state index is 6.31. The first-order chi connectivity index (χ1) is 40.8. The van der Waals surface area contributed by atoms with Crippen molar-refractivity contribution >= 4 is 67.0 Å². The summed E-state index contributed by atoms with van der Waals surface area (Å²) in [5.74, 6) is 0. The van der Waals surface area contributed by atoms with Gasteiger partial charge in [-0.1, -0.05) is 129 Å². The molecule has 0 spiro atoms. The number of hydrogen-bond acceptors (Lipinski definition) is 8. The highest BCUT2D eigenvalue weighted by Gasteiger charge is 2.51. The fourth-order valence-corrected chi connectivity index (χ4v) is 11.5. The van der Waals surface area contributed by atoms with E-state index in [1.165, 1.54) is 25.8 Å². The van der Waals surface area contributed by atoms with Gasteiger partial charge in [0.05, 0.1) is 34.0 Å². The van der Waals surface area contributed by atoms with Gasteiger partial charge in [0.2, 0.25) is 0 Å². The molecule has 0 aliphatic carbocycles. The standard InChI is InChI=1S/C33H30BN3O2.C33H22BrN3.C6H4BrI/c1-32(2)33(3,4)39-34(38-32)29-10-6-9-27(20-29)25-7-5-8-26(19-25)28-21-30(23-11-15-35-16-12-23)37-31(22-28)24-13-17-36-18-14-24;34-31-9-3-8-29(20-31)27-6-1-4-25(18-27)26-5-2-7-28(19-26)30-21-32(23-10-14-35-15-11-23)37-33(22-30)24-12-16-36-17-13-24;7-5-2-1-3-6(8)4-5/h5-22H,1-4H3;1-22H;1-4H. The highest BCUT2D eigenvalue weighted by molar-refractivity contribution is 14.1. The largest absolute Gasteiger partial charge is 0.494 e. The Morgan fingerprint density at radius 2 is 0.595 bits per heavy atom. The van der Waals surface area contributed by atoms with Crippen molar-refractivity contribution in [3.05, 3.63) is 280 Å². The zero-order valence-corrected chi connectivity index (χ0v) is 51.9. The van der Waals surface area contributed by atoms with Crippen LogP contribution < -0.4 is 5.46 Å². The average Bonchev–Trinajstić information content (AvgIpc) is 3.67. The lowest BCUT2D eigenvalue weighted by Crippen LogP contribution is -2.41. The molecule has 7 heterocycles. The van der Waals surface area contributed by atoms with Gasteiger partial charge >= 0.3 is 7.12 Å². The normalized spacial score (nSPS) is 13.0. The molecule has 0 bridgehead atoms. The first-order valence-electron chi connectivity index (χ1n) is 27.4. The Kier molecular flexibility index (Phi) is 18.0. The summed E-state index contributed by atoms with van der Waals surface area (Å²) in [6.07, 6.45) is 14.4. The van der Waals surface area contributed by atoms with E-state index in [0.717, 1.165) is 92.8 Å². The van der Waals surface area contributed by atoms with E-state index in [1.54, 1.807) is 49.6 Å². The van der Waals surface area contributed by atoms with Crippen LogP contribution in [-0.2, 0) is 9.31 Å². The van der Waals surface area contributed by atoms with Gasteiger partial charge in [0.1, 0.15) is 0 Å². The molecule has 0 unspecified atom stereocenters. The molecule has 0 atom stereocenters. The van der Waals surface area contributed by atoms with Crippen LogP contribution in [0.25, 0.3) is 101 Å². The molecule has 1 aliphatic rings. The monoisotopic (exact) mass is 1330 g/mol. The fourth-order valence-electron chi connectivity index (χ4n) is 9.68. The Bertz CT molecular complexity index is 4070. The summed E-state index contributed by atoms with van der Waals surface area (Å²) in [4.78, 5) is 26.6. The molecule has 0 amide bonds. The molecule has 0 saturated carbocycles. The van der Waals surface area contributed by atoms with Crippen molar-refractivity contribution < 1.29 is 9.31 Å². The van der Waals surface area contributed by atoms with Crippen molar-refractivity contribution in [1.82, 2.24) is 29.9 Å². The molecule has 1 fully saturated rings. The molecule has 12 heteroatoms. The molecule has 6 aromatic heterocycles. The third-order valence-electron chi connectivity index (χ3n) is 14.8. The molecule has 6 aromatic carbocycles. The Hall–Kier alpha value is -8.11. The second kappa shape index (κ2) is 26.2. The Balaban J connectivity index is 0.000000155. The van der Waals surface area contributed by atoms with E-state index in [1.807, 2.05) is 66.7 Å². The molecule has 13 rings (SSSR count). The van der Waals surface area contributed by atoms with Gasteiger partial charge in [-0.2, -0.15) is 0 Å². The molecule has 1 saturated heterocycles. The molecular formula is C72H56BBr2IN6O2. The van der Waals surface area contributed by atoms with Crippen molar-refractivity contribution in [3.63, 3.8) is 0 Å². The van der Waals surface area contributed by atoms with Gasteiger partial charge in [-0.3, -0.25) is 19.9 Å². The van der Waals surface area contributed by atoms with Crippen LogP contribution in [0.4, 0.5) is 0 Å². The summed E-state index contributed by atoms with van der Waals surface area (Å²) < 4.78 is 16.1. The zero-order chi connectivity index (χ0) is 58.0. The third kappa shape index (κ3) is 14.1. The second-order valence-corrected chi connectivity index (χ2v) is 24.2. The lowest BCUT2D eigenvalue weighted by atomic mass is 9.78. The maximum atomic E-state index is 6.31. The number of hydrogen-bond donors (Lipinski definition) is 0. The lowest BCUT2D eigenvalue weighted by molar-refractivity contribution is 0.00578. The van der Waals surface area contributed by atoms with Gasteiger partial charge < -0.3 is 9.31 Å². The molecule has 0 radical (unpaired) electrons. The smallest absolute Gasteiger partial charge is 0.399 e. The lowest BCUT2D eigenvalue weighted by Gasteiger charge is -2.32. The minimum Gasteiger partial charge on any atom is -0.399 e. The van der Waals surface area contributed by atoms with Gasteiger partial charge in [-0.25, -0.2) is 9.97 Å². The highest BCUT2D eigenvalue weighted by atomic mass is 127. The number of pyridine rings is 6. The Labute approximate surface area is 522 Å². The Morgan fingerprint density at radius 1 is 0.310 bits per heavy atom. The summed E-state index contributed by atoms with van der Waals surface area (Å²) in [6, 6.07) is 75.5. The van der Waals surface area contributed by atoms with Crippen molar-refractivity contribution in [2.75, 3.05) is 0 Å². The molecule has 1 aliphatic heterocycles. The maximum Gasteiger partial charge on any atom is 0.494 e. The minimum atomic E-state index is -0.399. The number of rotatable bonds is 10. The van der Waals surface area contributed by atoms with Gasteiger partial charge in [-0.15, -0.1) is 0 Å². The van der Waals surface area contributed by atoms with Crippen LogP contribution in [0.2, 0.25) is 0 Å². The van der Waals surface area contributed by atoms with Crippen LogP contribution in [0.1, 0.15) is 27.7 Å². The minimum absolute atomic E-state index is 0.381. The van der Waals surface area contributed by atoms with E-state index in [4.69, 9.17) is 19.3 Å². The number of nitrogens with zero attached hydrogens (tertiary/aromatic N) is 6. The van der Waals surface area contributed by atoms with E-state index in [-0.39, 0.29) is 11.2 Å². The number of aromatic nitrogens is 6. The summed E-state index contributed by atoms with van der Waals surface area (Å²) in [6.45, 7) is 8.32. The van der Waals surface area contributed by atoms with E-state index in [0.29, 0.717) is 0 Å². The topological polar surface area (TPSA) is 95.8 Å². The summed E-state index contributed by atoms with van der Waals surface area (Å²) in [5.41, 5.74) is 19.4. The predicted molar refractivity (Wildman–Crippen MR) is 359 cm³/mol. The predicted octanol–water partition coefficient (Wildman–Crippen LogP) is 18.9. The van der Waals surface area contributed by atoms with Crippen molar-refractivity contribution in [3.8, 4) is 101 Å². The van der Waals surface area contributed by atoms with Crippen LogP contribution in [-0.4, -0.2) is 48.2 Å². The van der Waals surface area contributed by atoms with Crippen LogP contribution in [0, 0.1) is 3.57 Å². The van der Waals surface area contributed by atoms with Gasteiger partial charge in [0.25, 0.3) is 0 Å². The van der Waals surface area contributed by atoms with Crippen LogP contribution in [0.15, 0.2) is 277 Å².